The van der Waals surface area contributed by atoms with Crippen molar-refractivity contribution >= 4 is 25.3 Å². The lowest BCUT2D eigenvalue weighted by Gasteiger charge is -2.57. The van der Waals surface area contributed by atoms with E-state index in [4.69, 9.17) is 25.3 Å². The van der Waals surface area contributed by atoms with Gasteiger partial charge in [0.2, 0.25) is 0 Å². The molecule has 2 aliphatic rings. The Morgan fingerprint density at radius 3 is 2.82 bits per heavy atom. The fourth-order valence-corrected chi connectivity index (χ4v) is 4.33. The van der Waals surface area contributed by atoms with Gasteiger partial charge in [0.05, 0.1) is 4.75 Å². The second-order valence-electron chi connectivity index (χ2n) is 5.41. The Hall–Kier alpha value is -0.260. The van der Waals surface area contributed by atoms with Crippen LogP contribution in [0.25, 0.3) is 0 Å². The molecule has 0 bridgehead atoms. The van der Waals surface area contributed by atoms with Crippen LogP contribution in [-0.4, -0.2) is 10.00 Å². The highest BCUT2D eigenvalue weighted by Gasteiger charge is 2.57. The van der Waals surface area contributed by atoms with Crippen LogP contribution in [0.1, 0.15) is 33.1 Å². The smallest absolute Gasteiger partial charge is 0.0505 e. The van der Waals surface area contributed by atoms with Crippen molar-refractivity contribution in [3.8, 4) is 11.8 Å². The Kier molecular flexibility index (Phi) is 3.45. The predicted molar refractivity (Wildman–Crippen MR) is 81.7 cm³/mol. The molecule has 0 aliphatic heterocycles. The third-order valence-corrected chi connectivity index (χ3v) is 6.04. The Balaban J connectivity index is 2.46. The molecule has 2 rings (SSSR count). The van der Waals surface area contributed by atoms with Crippen molar-refractivity contribution in [2.45, 2.75) is 43.1 Å². The molecule has 0 N–H and O–H groups in total. The minimum atomic E-state index is -0.125. The van der Waals surface area contributed by atoms with E-state index in [0.717, 1.165) is 19.3 Å². The quantitative estimate of drug-likeness (QED) is 0.400. The summed E-state index contributed by atoms with van der Waals surface area (Å²) in [5.41, 5.74) is 1.40. The molecule has 0 nitrogen and oxygen atoms in total. The molecule has 0 saturated heterocycles. The fourth-order valence-electron chi connectivity index (χ4n) is 3.24. The van der Waals surface area contributed by atoms with Gasteiger partial charge in [-0.05, 0) is 13.3 Å². The van der Waals surface area contributed by atoms with Gasteiger partial charge in [-0.25, -0.2) is 0 Å². The fraction of sp³-hybridized carbons (Fsp3) is 0.600. The van der Waals surface area contributed by atoms with Crippen molar-refractivity contribution < 1.29 is 0 Å². The van der Waals surface area contributed by atoms with Gasteiger partial charge in [0, 0.05) is 29.4 Å². The van der Waals surface area contributed by atoms with E-state index >= 15 is 0 Å². The second kappa shape index (κ2) is 4.44. The number of fused-ring (bicyclic) bond motifs is 1. The minimum absolute atomic E-state index is 0.0529. The van der Waals surface area contributed by atoms with Gasteiger partial charge in [-0.1, -0.05) is 24.6 Å². The number of thiol groups is 2. The average molecular weight is 264 g/mol. The van der Waals surface area contributed by atoms with Crippen molar-refractivity contribution in [1.82, 2.24) is 0 Å². The molecule has 0 aromatic heterocycles. The topological polar surface area (TPSA) is 0 Å². The molecule has 0 saturated carbocycles. The maximum absolute atomic E-state index is 5.02. The molecule has 0 amide bonds. The van der Waals surface area contributed by atoms with Crippen LogP contribution >= 0.6 is 25.3 Å². The zero-order valence-corrected chi connectivity index (χ0v) is 12.3. The first-order valence-corrected chi connectivity index (χ1v) is 7.11. The summed E-state index contributed by atoms with van der Waals surface area (Å²) < 4.78 is -0.125. The molecule has 4 atom stereocenters. The molecule has 17 heavy (non-hydrogen) atoms. The number of hydrogen-bond donors (Lipinski definition) is 2. The average Bonchev–Trinajstić information content (AvgIpc) is 2.31. The van der Waals surface area contributed by atoms with Crippen LogP contribution in [0.2, 0.25) is 0 Å². The minimum Gasteiger partial charge on any atom is -0.175 e. The zero-order valence-electron chi connectivity index (χ0n) is 10.5. The van der Waals surface area contributed by atoms with Gasteiger partial charge in [0.15, 0.2) is 0 Å². The van der Waals surface area contributed by atoms with Crippen molar-refractivity contribution in [3.05, 3.63) is 24.3 Å². The van der Waals surface area contributed by atoms with Crippen LogP contribution in [0.5, 0.6) is 0 Å². The Morgan fingerprint density at radius 2 is 2.24 bits per heavy atom. The van der Waals surface area contributed by atoms with Crippen molar-refractivity contribution in [2.75, 3.05) is 0 Å². The predicted octanol–water partition coefficient (Wildman–Crippen LogP) is 3.91. The molecule has 0 radical (unpaired) electrons. The molecule has 0 heterocycles. The monoisotopic (exact) mass is 264 g/mol. The molecule has 2 heteroatoms. The highest BCUT2D eigenvalue weighted by Crippen LogP contribution is 2.60. The molecule has 0 spiro atoms. The van der Waals surface area contributed by atoms with E-state index in [1.165, 1.54) is 5.57 Å². The van der Waals surface area contributed by atoms with Crippen LogP contribution in [0.4, 0.5) is 0 Å². The summed E-state index contributed by atoms with van der Waals surface area (Å²) in [5.74, 6) is 6.84. The second-order valence-corrected chi connectivity index (χ2v) is 6.78. The van der Waals surface area contributed by atoms with Crippen molar-refractivity contribution in [3.63, 3.8) is 0 Å². The highest BCUT2D eigenvalue weighted by molar-refractivity contribution is 7.82. The van der Waals surface area contributed by atoms with Crippen LogP contribution in [0, 0.1) is 23.2 Å². The van der Waals surface area contributed by atoms with Crippen LogP contribution < -0.4 is 0 Å². The van der Waals surface area contributed by atoms with E-state index < -0.39 is 0 Å². The number of allylic oxidation sites excluding steroid dienone is 2. The largest absolute Gasteiger partial charge is 0.175 e. The molecular weight excluding hydrogens is 244 g/mol. The van der Waals surface area contributed by atoms with Gasteiger partial charge in [-0.15, -0.1) is 18.4 Å². The summed E-state index contributed by atoms with van der Waals surface area (Å²) >= 11 is 9.77. The van der Waals surface area contributed by atoms with E-state index in [1.54, 1.807) is 0 Å². The first-order valence-electron chi connectivity index (χ1n) is 6.14. The lowest BCUT2D eigenvalue weighted by molar-refractivity contribution is 0.233. The summed E-state index contributed by atoms with van der Waals surface area (Å²) in [6.07, 6.45) is 7.18. The van der Waals surface area contributed by atoms with E-state index in [9.17, 15) is 0 Å². The first-order chi connectivity index (χ1) is 7.95. The van der Waals surface area contributed by atoms with E-state index in [0.29, 0.717) is 11.2 Å². The van der Waals surface area contributed by atoms with E-state index in [2.05, 4.69) is 38.3 Å². The van der Waals surface area contributed by atoms with Crippen LogP contribution in [-0.2, 0) is 0 Å². The van der Waals surface area contributed by atoms with Crippen molar-refractivity contribution in [2.24, 2.45) is 11.3 Å². The van der Waals surface area contributed by atoms with Crippen LogP contribution in [0.15, 0.2) is 24.3 Å². The number of hydrogen-bond acceptors (Lipinski definition) is 2. The van der Waals surface area contributed by atoms with E-state index in [-0.39, 0.29) is 10.2 Å². The zero-order chi connectivity index (χ0) is 12.7. The summed E-state index contributed by atoms with van der Waals surface area (Å²) in [4.78, 5) is 0. The van der Waals surface area contributed by atoms with Gasteiger partial charge in [0.25, 0.3) is 0 Å². The summed E-state index contributed by atoms with van der Waals surface area (Å²) in [6.45, 7) is 8.42. The lowest BCUT2D eigenvalue weighted by Crippen LogP contribution is -2.56. The highest BCUT2D eigenvalue weighted by atomic mass is 32.1. The Labute approximate surface area is 116 Å². The molecule has 3 unspecified atom stereocenters. The Bertz CT molecular complexity index is 426. The molecule has 92 valence electrons. The Morgan fingerprint density at radius 1 is 1.53 bits per heavy atom. The lowest BCUT2D eigenvalue weighted by atomic mass is 9.55. The van der Waals surface area contributed by atoms with Gasteiger partial charge >= 0.3 is 0 Å². The standard InChI is InChI=1S/C15H20S2/c1-4-12-13(16)8-6-5-7-9-14(3)10-11(2)15(12,14)17/h4,10,12-13,16-17H,1,6,8-9H2,2-3H3/t12?,13?,14-,15?/m1/s1. The van der Waals surface area contributed by atoms with Gasteiger partial charge in [0.1, 0.15) is 0 Å². The van der Waals surface area contributed by atoms with E-state index in [1.807, 2.05) is 6.08 Å². The third kappa shape index (κ3) is 1.79. The maximum Gasteiger partial charge on any atom is 0.0505 e. The summed E-state index contributed by atoms with van der Waals surface area (Å²) in [5, 5.41) is 0.292. The van der Waals surface area contributed by atoms with Gasteiger partial charge in [-0.2, -0.15) is 25.3 Å². The first kappa shape index (κ1) is 13.2. The van der Waals surface area contributed by atoms with Gasteiger partial charge < -0.3 is 0 Å². The SMILES string of the molecule is C=CC1C(S)CCC#CC[C@]2(C)C=C(C)C12S. The molecule has 2 aliphatic carbocycles. The summed E-state index contributed by atoms with van der Waals surface area (Å²) in [7, 11) is 0. The molecule has 0 aromatic carbocycles. The van der Waals surface area contributed by atoms with Crippen LogP contribution in [0.3, 0.4) is 0 Å². The van der Waals surface area contributed by atoms with Gasteiger partial charge in [-0.3, -0.25) is 0 Å². The summed E-state index contributed by atoms with van der Waals surface area (Å²) in [6, 6.07) is 0. The maximum atomic E-state index is 5.02. The molecular formula is C15H20S2. The third-order valence-electron chi connectivity index (χ3n) is 4.30. The normalized spacial score (nSPS) is 44.8. The molecule has 0 aromatic rings. The number of rotatable bonds is 1. The molecule has 0 fully saturated rings. The van der Waals surface area contributed by atoms with Crippen molar-refractivity contribution in [1.29, 1.82) is 0 Å².